The SMILES string of the molecule is COc1ccc(Cl)cc1NC(=O)COc1ccccc1C(C)(C)C. The summed E-state index contributed by atoms with van der Waals surface area (Å²) in [6.07, 6.45) is 0. The smallest absolute Gasteiger partial charge is 0.262 e. The highest BCUT2D eigenvalue weighted by atomic mass is 35.5. The number of amides is 1. The number of anilines is 1. The molecule has 4 nitrogen and oxygen atoms in total. The molecule has 128 valence electrons. The summed E-state index contributed by atoms with van der Waals surface area (Å²) < 4.78 is 10.9. The third-order valence-corrected chi connectivity index (χ3v) is 3.72. The van der Waals surface area contributed by atoms with Crippen molar-refractivity contribution in [1.29, 1.82) is 0 Å². The Kier molecular flexibility index (Phi) is 5.73. The molecule has 0 atom stereocenters. The van der Waals surface area contributed by atoms with Gasteiger partial charge in [-0.15, -0.1) is 0 Å². The topological polar surface area (TPSA) is 47.6 Å². The molecule has 0 radical (unpaired) electrons. The normalized spacial score (nSPS) is 11.0. The molecular formula is C19H22ClNO3. The molecule has 0 fully saturated rings. The van der Waals surface area contributed by atoms with Gasteiger partial charge in [0.15, 0.2) is 6.61 Å². The fourth-order valence-electron chi connectivity index (χ4n) is 2.32. The Morgan fingerprint density at radius 3 is 2.50 bits per heavy atom. The summed E-state index contributed by atoms with van der Waals surface area (Å²) in [4.78, 5) is 12.2. The second-order valence-electron chi connectivity index (χ2n) is 6.43. The van der Waals surface area contributed by atoms with Crippen LogP contribution in [0.5, 0.6) is 11.5 Å². The molecule has 24 heavy (non-hydrogen) atoms. The van der Waals surface area contributed by atoms with Crippen LogP contribution in [0.25, 0.3) is 0 Å². The Bertz CT molecular complexity index is 723. The number of rotatable bonds is 5. The number of carbonyl (C=O) groups is 1. The van der Waals surface area contributed by atoms with Gasteiger partial charge < -0.3 is 14.8 Å². The lowest BCUT2D eigenvalue weighted by molar-refractivity contribution is -0.118. The maximum atomic E-state index is 12.2. The first kappa shape index (κ1) is 18.1. The summed E-state index contributed by atoms with van der Waals surface area (Å²) >= 11 is 5.96. The molecule has 0 unspecified atom stereocenters. The second-order valence-corrected chi connectivity index (χ2v) is 6.86. The highest BCUT2D eigenvalue weighted by molar-refractivity contribution is 6.31. The van der Waals surface area contributed by atoms with Gasteiger partial charge in [0.1, 0.15) is 11.5 Å². The molecule has 0 spiro atoms. The van der Waals surface area contributed by atoms with Gasteiger partial charge in [-0.25, -0.2) is 0 Å². The van der Waals surface area contributed by atoms with Crippen LogP contribution in [-0.4, -0.2) is 19.6 Å². The number of methoxy groups -OCH3 is 1. The van der Waals surface area contributed by atoms with Crippen molar-refractivity contribution < 1.29 is 14.3 Å². The molecule has 0 aliphatic carbocycles. The minimum absolute atomic E-state index is 0.0662. The molecule has 2 aromatic rings. The average Bonchev–Trinajstić information content (AvgIpc) is 2.52. The maximum Gasteiger partial charge on any atom is 0.262 e. The van der Waals surface area contributed by atoms with E-state index < -0.39 is 0 Å². The van der Waals surface area contributed by atoms with Gasteiger partial charge in [0, 0.05) is 5.02 Å². The van der Waals surface area contributed by atoms with Crippen LogP contribution in [0.15, 0.2) is 42.5 Å². The Hall–Kier alpha value is -2.20. The van der Waals surface area contributed by atoms with E-state index in [1.807, 2.05) is 24.3 Å². The Morgan fingerprint density at radius 2 is 1.83 bits per heavy atom. The number of ether oxygens (including phenoxy) is 2. The van der Waals surface area contributed by atoms with Crippen LogP contribution in [0.1, 0.15) is 26.3 Å². The minimum Gasteiger partial charge on any atom is -0.495 e. The van der Waals surface area contributed by atoms with Crippen molar-refractivity contribution in [3.8, 4) is 11.5 Å². The van der Waals surface area contributed by atoms with E-state index in [-0.39, 0.29) is 17.9 Å². The summed E-state index contributed by atoms with van der Waals surface area (Å²) in [5.74, 6) is 0.973. The van der Waals surface area contributed by atoms with Crippen molar-refractivity contribution >= 4 is 23.2 Å². The predicted molar refractivity (Wildman–Crippen MR) is 97.3 cm³/mol. The molecule has 0 heterocycles. The molecule has 2 aromatic carbocycles. The fourth-order valence-corrected chi connectivity index (χ4v) is 2.49. The highest BCUT2D eigenvalue weighted by Gasteiger charge is 2.19. The van der Waals surface area contributed by atoms with E-state index in [4.69, 9.17) is 21.1 Å². The van der Waals surface area contributed by atoms with E-state index >= 15 is 0 Å². The van der Waals surface area contributed by atoms with Crippen molar-refractivity contribution in [2.45, 2.75) is 26.2 Å². The Labute approximate surface area is 147 Å². The quantitative estimate of drug-likeness (QED) is 0.855. The summed E-state index contributed by atoms with van der Waals surface area (Å²) in [5.41, 5.74) is 1.50. The number of carbonyl (C=O) groups excluding carboxylic acids is 1. The Morgan fingerprint density at radius 1 is 1.12 bits per heavy atom. The van der Waals surface area contributed by atoms with Crippen LogP contribution in [0, 0.1) is 0 Å². The van der Waals surface area contributed by atoms with Crippen molar-refractivity contribution in [2.24, 2.45) is 0 Å². The first-order valence-corrected chi connectivity index (χ1v) is 8.05. The van der Waals surface area contributed by atoms with Crippen LogP contribution in [0.4, 0.5) is 5.69 Å². The van der Waals surface area contributed by atoms with Crippen LogP contribution in [-0.2, 0) is 10.2 Å². The minimum atomic E-state index is -0.278. The zero-order valence-corrected chi connectivity index (χ0v) is 15.1. The van der Waals surface area contributed by atoms with E-state index in [2.05, 4.69) is 26.1 Å². The molecule has 0 saturated heterocycles. The van der Waals surface area contributed by atoms with E-state index in [0.717, 1.165) is 5.56 Å². The van der Waals surface area contributed by atoms with E-state index in [1.165, 1.54) is 7.11 Å². The number of benzene rings is 2. The largest absolute Gasteiger partial charge is 0.495 e. The average molecular weight is 348 g/mol. The van der Waals surface area contributed by atoms with Crippen LogP contribution in [0.2, 0.25) is 5.02 Å². The van der Waals surface area contributed by atoms with Gasteiger partial charge in [-0.3, -0.25) is 4.79 Å². The second kappa shape index (κ2) is 7.58. The molecule has 1 amide bonds. The lowest BCUT2D eigenvalue weighted by Gasteiger charge is -2.22. The first-order valence-electron chi connectivity index (χ1n) is 7.67. The van der Waals surface area contributed by atoms with Crippen molar-refractivity contribution in [3.63, 3.8) is 0 Å². The van der Waals surface area contributed by atoms with Gasteiger partial charge in [0.05, 0.1) is 12.8 Å². The van der Waals surface area contributed by atoms with E-state index in [9.17, 15) is 4.79 Å². The molecule has 0 aromatic heterocycles. The molecule has 2 rings (SSSR count). The van der Waals surface area contributed by atoms with Crippen molar-refractivity contribution in [3.05, 3.63) is 53.1 Å². The van der Waals surface area contributed by atoms with Crippen LogP contribution in [0.3, 0.4) is 0 Å². The molecule has 0 aliphatic rings. The van der Waals surface area contributed by atoms with Crippen LogP contribution < -0.4 is 14.8 Å². The van der Waals surface area contributed by atoms with Gasteiger partial charge in [0.2, 0.25) is 0 Å². The summed E-state index contributed by atoms with van der Waals surface area (Å²) in [5, 5.41) is 3.28. The predicted octanol–water partition coefficient (Wildman–Crippen LogP) is 4.66. The zero-order chi connectivity index (χ0) is 17.7. The number of halogens is 1. The van der Waals surface area contributed by atoms with Gasteiger partial charge in [-0.05, 0) is 35.2 Å². The first-order chi connectivity index (χ1) is 11.3. The highest BCUT2D eigenvalue weighted by Crippen LogP contribution is 2.31. The van der Waals surface area contributed by atoms with Gasteiger partial charge in [-0.1, -0.05) is 50.6 Å². The lowest BCUT2D eigenvalue weighted by atomic mass is 9.86. The third kappa shape index (κ3) is 4.65. The number of hydrogen-bond acceptors (Lipinski definition) is 3. The fraction of sp³-hybridized carbons (Fsp3) is 0.316. The summed E-state index contributed by atoms with van der Waals surface area (Å²) in [6, 6.07) is 12.8. The molecule has 0 bridgehead atoms. The number of nitrogens with one attached hydrogen (secondary N) is 1. The van der Waals surface area contributed by atoms with E-state index in [1.54, 1.807) is 18.2 Å². The number of para-hydroxylation sites is 1. The van der Waals surface area contributed by atoms with Crippen molar-refractivity contribution in [1.82, 2.24) is 0 Å². The Balaban J connectivity index is 2.06. The van der Waals surface area contributed by atoms with Gasteiger partial charge >= 0.3 is 0 Å². The summed E-state index contributed by atoms with van der Waals surface area (Å²) in [6.45, 7) is 6.22. The van der Waals surface area contributed by atoms with Crippen LogP contribution >= 0.6 is 11.6 Å². The monoisotopic (exact) mass is 347 g/mol. The molecule has 1 N–H and O–H groups in total. The standard InChI is InChI=1S/C19H22ClNO3/c1-19(2,3)14-7-5-6-8-16(14)24-12-18(22)21-15-11-13(20)9-10-17(15)23-4/h5-11H,12H2,1-4H3,(H,21,22). The molecule has 0 aliphatic heterocycles. The van der Waals surface area contributed by atoms with E-state index in [0.29, 0.717) is 22.2 Å². The van der Waals surface area contributed by atoms with Gasteiger partial charge in [-0.2, -0.15) is 0 Å². The molecule has 0 saturated carbocycles. The zero-order valence-electron chi connectivity index (χ0n) is 14.4. The third-order valence-electron chi connectivity index (χ3n) is 3.49. The maximum absolute atomic E-state index is 12.2. The van der Waals surface area contributed by atoms with Gasteiger partial charge in [0.25, 0.3) is 5.91 Å². The summed E-state index contributed by atoms with van der Waals surface area (Å²) in [7, 11) is 1.54. The van der Waals surface area contributed by atoms with Crippen molar-refractivity contribution in [2.75, 3.05) is 19.0 Å². The number of hydrogen-bond donors (Lipinski definition) is 1. The lowest BCUT2D eigenvalue weighted by Crippen LogP contribution is -2.22. The molecular weight excluding hydrogens is 326 g/mol. The molecule has 5 heteroatoms.